The van der Waals surface area contributed by atoms with Gasteiger partial charge < -0.3 is 5.32 Å². The molecule has 1 N–H and O–H groups in total. The molecule has 0 unspecified atom stereocenters. The summed E-state index contributed by atoms with van der Waals surface area (Å²) in [6, 6.07) is 16.9. The summed E-state index contributed by atoms with van der Waals surface area (Å²) in [5, 5.41) is 2.69. The summed E-state index contributed by atoms with van der Waals surface area (Å²) in [5.74, 6) is -0.873. The average Bonchev–Trinajstić information content (AvgIpc) is 2.70. The van der Waals surface area contributed by atoms with E-state index >= 15 is 0 Å². The highest BCUT2D eigenvalue weighted by Gasteiger charge is 2.22. The lowest BCUT2D eigenvalue weighted by Crippen LogP contribution is -2.26. The number of hydrogen-bond donors (Lipinski definition) is 1. The fourth-order valence-electron chi connectivity index (χ4n) is 2.81. The number of rotatable bonds is 5. The SMILES string of the molecule is Cc1ccc(N(C)S(=O)(=O)c2cccc(C(=O)Nc3ccc(F)cc3C)c2)cc1. The van der Waals surface area contributed by atoms with Crippen molar-refractivity contribution in [2.45, 2.75) is 18.7 Å². The lowest BCUT2D eigenvalue weighted by molar-refractivity contribution is 0.102. The largest absolute Gasteiger partial charge is 0.322 e. The predicted molar refractivity (Wildman–Crippen MR) is 112 cm³/mol. The molecule has 0 heterocycles. The van der Waals surface area contributed by atoms with Gasteiger partial charge in [0.25, 0.3) is 15.9 Å². The number of halogens is 1. The molecule has 0 atom stereocenters. The van der Waals surface area contributed by atoms with E-state index in [0.29, 0.717) is 16.9 Å². The number of benzene rings is 3. The molecule has 0 spiro atoms. The van der Waals surface area contributed by atoms with Gasteiger partial charge in [0.1, 0.15) is 5.82 Å². The molecule has 3 aromatic carbocycles. The number of nitrogens with zero attached hydrogens (tertiary/aromatic N) is 1. The van der Waals surface area contributed by atoms with Crippen molar-refractivity contribution in [2.24, 2.45) is 0 Å². The summed E-state index contributed by atoms with van der Waals surface area (Å²) in [6.45, 7) is 3.60. The second-order valence-corrected chi connectivity index (χ2v) is 8.72. The van der Waals surface area contributed by atoms with Gasteiger partial charge in [0.2, 0.25) is 0 Å². The van der Waals surface area contributed by atoms with Crippen LogP contribution in [0.2, 0.25) is 0 Å². The van der Waals surface area contributed by atoms with E-state index in [1.165, 1.54) is 53.8 Å². The van der Waals surface area contributed by atoms with E-state index in [-0.39, 0.29) is 10.5 Å². The van der Waals surface area contributed by atoms with Crippen molar-refractivity contribution in [3.05, 3.63) is 89.2 Å². The van der Waals surface area contributed by atoms with Crippen molar-refractivity contribution in [2.75, 3.05) is 16.7 Å². The molecular weight excluding hydrogens is 391 g/mol. The van der Waals surface area contributed by atoms with Crippen molar-refractivity contribution >= 4 is 27.3 Å². The lowest BCUT2D eigenvalue weighted by atomic mass is 10.1. The monoisotopic (exact) mass is 412 g/mol. The minimum atomic E-state index is -3.84. The summed E-state index contributed by atoms with van der Waals surface area (Å²) in [5.41, 5.74) is 2.76. The van der Waals surface area contributed by atoms with Crippen molar-refractivity contribution in [1.29, 1.82) is 0 Å². The number of nitrogens with one attached hydrogen (secondary N) is 1. The molecule has 7 heteroatoms. The Kier molecular flexibility index (Phi) is 5.70. The summed E-state index contributed by atoms with van der Waals surface area (Å²) < 4.78 is 40.4. The Labute approximate surface area is 169 Å². The van der Waals surface area contributed by atoms with E-state index in [4.69, 9.17) is 0 Å². The van der Waals surface area contributed by atoms with E-state index in [9.17, 15) is 17.6 Å². The zero-order valence-corrected chi connectivity index (χ0v) is 17.1. The lowest BCUT2D eigenvalue weighted by Gasteiger charge is -2.20. The molecule has 0 aliphatic rings. The van der Waals surface area contributed by atoms with Crippen LogP contribution in [0.3, 0.4) is 0 Å². The molecule has 5 nitrogen and oxygen atoms in total. The van der Waals surface area contributed by atoms with Gasteiger partial charge in [-0.2, -0.15) is 0 Å². The molecule has 0 saturated carbocycles. The smallest absolute Gasteiger partial charge is 0.264 e. The van der Waals surface area contributed by atoms with Crippen molar-refractivity contribution < 1.29 is 17.6 Å². The van der Waals surface area contributed by atoms with Gasteiger partial charge >= 0.3 is 0 Å². The van der Waals surface area contributed by atoms with E-state index < -0.39 is 21.7 Å². The summed E-state index contributed by atoms with van der Waals surface area (Å²) in [7, 11) is -2.38. The number of anilines is 2. The Bertz CT molecular complexity index is 1160. The Balaban J connectivity index is 1.87. The number of hydrogen-bond acceptors (Lipinski definition) is 3. The minimum Gasteiger partial charge on any atom is -0.322 e. The standard InChI is InChI=1S/C22H21FN2O3S/c1-15-7-10-19(11-8-15)25(3)29(27,28)20-6-4-5-17(14-20)22(26)24-21-12-9-18(23)13-16(21)2/h4-14H,1-3H3,(H,24,26). The number of sulfonamides is 1. The molecule has 0 fully saturated rings. The average molecular weight is 412 g/mol. The maximum absolute atomic E-state index is 13.2. The maximum Gasteiger partial charge on any atom is 0.264 e. The second-order valence-electron chi connectivity index (χ2n) is 6.75. The van der Waals surface area contributed by atoms with E-state index in [0.717, 1.165) is 5.56 Å². The topological polar surface area (TPSA) is 66.5 Å². The van der Waals surface area contributed by atoms with E-state index in [1.807, 2.05) is 19.1 Å². The second kappa shape index (κ2) is 8.05. The first-order valence-electron chi connectivity index (χ1n) is 8.91. The van der Waals surface area contributed by atoms with Gasteiger partial charge in [0.15, 0.2) is 0 Å². The molecule has 0 radical (unpaired) electrons. The third-order valence-electron chi connectivity index (χ3n) is 4.59. The third kappa shape index (κ3) is 4.46. The molecule has 3 aromatic rings. The third-order valence-corrected chi connectivity index (χ3v) is 6.37. The van der Waals surface area contributed by atoms with Gasteiger partial charge in [-0.25, -0.2) is 12.8 Å². The van der Waals surface area contributed by atoms with Crippen molar-refractivity contribution in [1.82, 2.24) is 0 Å². The van der Waals surface area contributed by atoms with E-state index in [1.54, 1.807) is 19.1 Å². The molecule has 29 heavy (non-hydrogen) atoms. The van der Waals surface area contributed by atoms with Crippen LogP contribution in [-0.4, -0.2) is 21.4 Å². The minimum absolute atomic E-state index is 0.00375. The summed E-state index contributed by atoms with van der Waals surface area (Å²) in [6.07, 6.45) is 0. The normalized spacial score (nSPS) is 11.2. The molecule has 150 valence electrons. The van der Waals surface area contributed by atoms with Crippen LogP contribution in [0.15, 0.2) is 71.6 Å². The van der Waals surface area contributed by atoms with Crippen LogP contribution < -0.4 is 9.62 Å². The summed E-state index contributed by atoms with van der Waals surface area (Å²) >= 11 is 0. The van der Waals surface area contributed by atoms with Gasteiger partial charge in [-0.05, 0) is 67.9 Å². The molecule has 1 amide bonds. The highest BCUT2D eigenvalue weighted by atomic mass is 32.2. The maximum atomic E-state index is 13.2. The number of aryl methyl sites for hydroxylation is 2. The zero-order valence-electron chi connectivity index (χ0n) is 16.3. The Morgan fingerprint density at radius 3 is 2.31 bits per heavy atom. The highest BCUT2D eigenvalue weighted by Crippen LogP contribution is 2.24. The number of carbonyl (C=O) groups is 1. The van der Waals surface area contributed by atoms with E-state index in [2.05, 4.69) is 5.32 Å². The molecular formula is C22H21FN2O3S. The van der Waals surface area contributed by atoms with Crippen LogP contribution in [0, 0.1) is 19.7 Å². The van der Waals surface area contributed by atoms with Crippen LogP contribution in [0.25, 0.3) is 0 Å². The first-order chi connectivity index (χ1) is 13.7. The summed E-state index contributed by atoms with van der Waals surface area (Å²) in [4.78, 5) is 12.6. The molecule has 3 rings (SSSR count). The predicted octanol–water partition coefficient (Wildman–Crippen LogP) is 4.52. The van der Waals surface area contributed by atoms with Crippen LogP contribution in [0.4, 0.5) is 15.8 Å². The molecule has 0 aliphatic carbocycles. The molecule has 0 bridgehead atoms. The highest BCUT2D eigenvalue weighted by molar-refractivity contribution is 7.92. The first-order valence-corrected chi connectivity index (χ1v) is 10.4. The van der Waals surface area contributed by atoms with Gasteiger partial charge in [-0.3, -0.25) is 9.10 Å². The number of carbonyl (C=O) groups excluding carboxylic acids is 1. The van der Waals surface area contributed by atoms with Crippen molar-refractivity contribution in [3.63, 3.8) is 0 Å². The molecule has 0 aromatic heterocycles. The van der Waals surface area contributed by atoms with Gasteiger partial charge in [0.05, 0.1) is 10.6 Å². The quantitative estimate of drug-likeness (QED) is 0.670. The Morgan fingerprint density at radius 1 is 0.966 bits per heavy atom. The van der Waals surface area contributed by atoms with Crippen LogP contribution in [-0.2, 0) is 10.0 Å². The first kappa shape index (κ1) is 20.5. The van der Waals surface area contributed by atoms with Crippen LogP contribution >= 0.6 is 0 Å². The van der Waals surface area contributed by atoms with Crippen LogP contribution in [0.5, 0.6) is 0 Å². The number of amides is 1. The zero-order chi connectivity index (χ0) is 21.2. The molecule has 0 saturated heterocycles. The van der Waals surface area contributed by atoms with Gasteiger partial charge in [-0.15, -0.1) is 0 Å². The van der Waals surface area contributed by atoms with Gasteiger partial charge in [-0.1, -0.05) is 23.8 Å². The van der Waals surface area contributed by atoms with Crippen molar-refractivity contribution in [3.8, 4) is 0 Å². The Hall–Kier alpha value is -3.19. The molecule has 0 aliphatic heterocycles. The fraction of sp³-hybridized carbons (Fsp3) is 0.136. The Morgan fingerprint density at radius 2 is 1.66 bits per heavy atom. The van der Waals surface area contributed by atoms with Gasteiger partial charge in [0, 0.05) is 18.3 Å². The van der Waals surface area contributed by atoms with Crippen LogP contribution in [0.1, 0.15) is 21.5 Å². The fourth-order valence-corrected chi connectivity index (χ4v) is 4.05.